The number of para-hydroxylation sites is 2. The molecule has 0 atom stereocenters. The zero-order chi connectivity index (χ0) is 21.3. The van der Waals surface area contributed by atoms with E-state index in [9.17, 15) is 9.59 Å². The summed E-state index contributed by atoms with van der Waals surface area (Å²) >= 11 is 1.48. The number of amides is 3. The molecule has 2 heterocycles. The van der Waals surface area contributed by atoms with Crippen molar-refractivity contribution in [2.75, 3.05) is 37.8 Å². The van der Waals surface area contributed by atoms with Crippen LogP contribution in [0.5, 0.6) is 5.75 Å². The number of hydrogen-bond donors (Lipinski definition) is 2. The van der Waals surface area contributed by atoms with E-state index < -0.39 is 0 Å². The van der Waals surface area contributed by atoms with E-state index in [0.29, 0.717) is 49.2 Å². The van der Waals surface area contributed by atoms with Crippen molar-refractivity contribution in [3.8, 4) is 5.75 Å². The number of carbonyl (C=O) groups is 2. The fraction of sp³-hybridized carbons (Fsp3) is 0.409. The molecule has 0 saturated carbocycles. The average Bonchev–Trinajstić information content (AvgIpc) is 2.79. The van der Waals surface area contributed by atoms with Gasteiger partial charge in [0, 0.05) is 25.8 Å². The maximum Gasteiger partial charge on any atom is 0.319 e. The molecule has 3 rings (SSSR count). The van der Waals surface area contributed by atoms with Crippen molar-refractivity contribution in [2.45, 2.75) is 24.8 Å². The van der Waals surface area contributed by atoms with Crippen LogP contribution in [0.3, 0.4) is 0 Å². The first kappa shape index (κ1) is 22.0. The molecule has 1 saturated heterocycles. The van der Waals surface area contributed by atoms with Gasteiger partial charge in [-0.15, -0.1) is 11.8 Å². The minimum atomic E-state index is -0.249. The van der Waals surface area contributed by atoms with E-state index in [-0.39, 0.29) is 11.9 Å². The predicted octanol–water partition coefficient (Wildman–Crippen LogP) is 3.88. The number of aromatic nitrogens is 1. The van der Waals surface area contributed by atoms with Gasteiger partial charge in [-0.05, 0) is 56.2 Å². The van der Waals surface area contributed by atoms with E-state index in [1.54, 1.807) is 12.3 Å². The Hall–Kier alpha value is -2.74. The van der Waals surface area contributed by atoms with Gasteiger partial charge in [0.15, 0.2) is 0 Å². The largest absolute Gasteiger partial charge is 0.492 e. The van der Waals surface area contributed by atoms with Gasteiger partial charge in [-0.1, -0.05) is 12.1 Å². The molecule has 160 valence electrons. The van der Waals surface area contributed by atoms with Gasteiger partial charge in [-0.25, -0.2) is 9.78 Å². The van der Waals surface area contributed by atoms with E-state index in [2.05, 4.69) is 15.6 Å². The Bertz CT molecular complexity index is 869. The van der Waals surface area contributed by atoms with E-state index >= 15 is 0 Å². The smallest absolute Gasteiger partial charge is 0.319 e. The van der Waals surface area contributed by atoms with Gasteiger partial charge in [-0.2, -0.15) is 0 Å². The molecule has 2 N–H and O–H groups in total. The Morgan fingerprint density at radius 1 is 1.20 bits per heavy atom. The molecule has 8 heteroatoms. The number of anilines is 1. The third-order valence-corrected chi connectivity index (χ3v) is 5.80. The lowest BCUT2D eigenvalue weighted by Crippen LogP contribution is -2.42. The molecular formula is C22H28N4O3S. The normalized spacial score (nSPS) is 14.3. The molecule has 1 aliphatic rings. The summed E-state index contributed by atoms with van der Waals surface area (Å²) in [6.07, 6.45) is 5.35. The lowest BCUT2D eigenvalue weighted by molar-refractivity contribution is 0.0686. The van der Waals surface area contributed by atoms with Crippen molar-refractivity contribution >= 4 is 29.4 Å². The fourth-order valence-corrected chi connectivity index (χ4v) is 4.02. The first-order valence-electron chi connectivity index (χ1n) is 10.2. The molecule has 2 aromatic rings. The molecule has 0 spiro atoms. The quantitative estimate of drug-likeness (QED) is 0.654. The fourth-order valence-electron chi connectivity index (χ4n) is 3.48. The number of urea groups is 1. The van der Waals surface area contributed by atoms with Crippen LogP contribution in [0.2, 0.25) is 0 Å². The third-order valence-electron chi connectivity index (χ3n) is 5.08. The number of rotatable bonds is 7. The lowest BCUT2D eigenvalue weighted by Gasteiger charge is -2.32. The van der Waals surface area contributed by atoms with Crippen molar-refractivity contribution < 1.29 is 14.3 Å². The van der Waals surface area contributed by atoms with Crippen molar-refractivity contribution in [1.29, 1.82) is 0 Å². The van der Waals surface area contributed by atoms with Gasteiger partial charge in [0.05, 0.1) is 17.9 Å². The highest BCUT2D eigenvalue weighted by molar-refractivity contribution is 7.98. The number of benzene rings is 1. The first-order valence-corrected chi connectivity index (χ1v) is 11.4. The number of pyridine rings is 1. The Kier molecular flexibility index (Phi) is 7.96. The highest BCUT2D eigenvalue weighted by Gasteiger charge is 2.25. The topological polar surface area (TPSA) is 83.6 Å². The van der Waals surface area contributed by atoms with Crippen LogP contribution in [0, 0.1) is 5.92 Å². The molecule has 1 aromatic heterocycles. The number of likely N-dealkylation sites (tertiary alicyclic amines) is 1. The number of ether oxygens (including phenoxy) is 1. The van der Waals surface area contributed by atoms with Crippen LogP contribution in [-0.4, -0.2) is 54.3 Å². The second-order valence-corrected chi connectivity index (χ2v) is 7.85. The van der Waals surface area contributed by atoms with Gasteiger partial charge < -0.3 is 20.3 Å². The van der Waals surface area contributed by atoms with E-state index in [4.69, 9.17) is 4.74 Å². The van der Waals surface area contributed by atoms with Gasteiger partial charge >= 0.3 is 6.03 Å². The highest BCUT2D eigenvalue weighted by Crippen LogP contribution is 2.24. The SMILES string of the molecule is CCOc1ccccc1NC(=O)NCC1CCN(C(=O)c2cccnc2SC)CC1. The Labute approximate surface area is 181 Å². The number of piperidine rings is 1. The van der Waals surface area contributed by atoms with Gasteiger partial charge in [0.2, 0.25) is 0 Å². The molecule has 7 nitrogen and oxygen atoms in total. The van der Waals surface area contributed by atoms with Crippen LogP contribution in [0.1, 0.15) is 30.1 Å². The average molecular weight is 429 g/mol. The summed E-state index contributed by atoms with van der Waals surface area (Å²) in [5.41, 5.74) is 1.31. The number of nitrogens with zero attached hydrogens (tertiary/aromatic N) is 2. The maximum atomic E-state index is 12.8. The molecule has 1 aromatic carbocycles. The van der Waals surface area contributed by atoms with Gasteiger partial charge in [-0.3, -0.25) is 4.79 Å². The highest BCUT2D eigenvalue weighted by atomic mass is 32.2. The maximum absolute atomic E-state index is 12.8. The van der Waals surface area contributed by atoms with Gasteiger partial charge in [0.25, 0.3) is 5.91 Å². The van der Waals surface area contributed by atoms with Crippen LogP contribution in [-0.2, 0) is 0 Å². The molecule has 3 amide bonds. The van der Waals surface area contributed by atoms with E-state index in [1.807, 2.05) is 48.4 Å². The van der Waals surface area contributed by atoms with Crippen LogP contribution in [0.15, 0.2) is 47.6 Å². The van der Waals surface area contributed by atoms with Crippen LogP contribution < -0.4 is 15.4 Å². The summed E-state index contributed by atoms with van der Waals surface area (Å²) in [6, 6.07) is 10.8. The van der Waals surface area contributed by atoms with Crippen LogP contribution >= 0.6 is 11.8 Å². The summed E-state index contributed by atoms with van der Waals surface area (Å²) in [4.78, 5) is 31.3. The van der Waals surface area contributed by atoms with E-state index in [1.165, 1.54) is 11.8 Å². The number of nitrogens with one attached hydrogen (secondary N) is 2. The molecule has 1 aliphatic heterocycles. The van der Waals surface area contributed by atoms with Crippen molar-refractivity contribution in [2.24, 2.45) is 5.92 Å². The Morgan fingerprint density at radius 2 is 1.97 bits per heavy atom. The Morgan fingerprint density at radius 3 is 2.70 bits per heavy atom. The number of carbonyl (C=O) groups excluding carboxylic acids is 2. The summed E-state index contributed by atoms with van der Waals surface area (Å²) in [5.74, 6) is 1.03. The second-order valence-electron chi connectivity index (χ2n) is 7.06. The molecule has 0 radical (unpaired) electrons. The monoisotopic (exact) mass is 428 g/mol. The lowest BCUT2D eigenvalue weighted by atomic mass is 9.96. The minimum Gasteiger partial charge on any atom is -0.492 e. The summed E-state index contributed by atoms with van der Waals surface area (Å²) in [7, 11) is 0. The van der Waals surface area contributed by atoms with Crippen LogP contribution in [0.25, 0.3) is 0 Å². The van der Waals surface area contributed by atoms with Crippen molar-refractivity contribution in [3.63, 3.8) is 0 Å². The third kappa shape index (κ3) is 5.66. The van der Waals surface area contributed by atoms with Crippen LogP contribution in [0.4, 0.5) is 10.5 Å². The second kappa shape index (κ2) is 10.9. The summed E-state index contributed by atoms with van der Waals surface area (Å²) < 4.78 is 5.53. The first-order chi connectivity index (χ1) is 14.6. The molecule has 0 unspecified atom stereocenters. The molecule has 0 aliphatic carbocycles. The minimum absolute atomic E-state index is 0.0316. The Balaban J connectivity index is 1.46. The zero-order valence-corrected chi connectivity index (χ0v) is 18.2. The molecular weight excluding hydrogens is 400 g/mol. The number of thioether (sulfide) groups is 1. The standard InChI is InChI=1S/C22H28N4O3S/c1-3-29-19-9-5-4-8-18(19)25-22(28)24-15-16-10-13-26(14-11-16)21(27)17-7-6-12-23-20(17)30-2/h4-9,12,16H,3,10-11,13-15H2,1-2H3,(H2,24,25,28). The number of hydrogen-bond acceptors (Lipinski definition) is 5. The summed E-state index contributed by atoms with van der Waals surface area (Å²) in [6.45, 7) is 4.39. The predicted molar refractivity (Wildman–Crippen MR) is 119 cm³/mol. The molecule has 30 heavy (non-hydrogen) atoms. The van der Waals surface area contributed by atoms with E-state index in [0.717, 1.165) is 17.9 Å². The molecule has 0 bridgehead atoms. The van der Waals surface area contributed by atoms with Gasteiger partial charge in [0.1, 0.15) is 10.8 Å². The molecule has 1 fully saturated rings. The van der Waals surface area contributed by atoms with Crippen molar-refractivity contribution in [1.82, 2.24) is 15.2 Å². The summed E-state index contributed by atoms with van der Waals surface area (Å²) in [5, 5.41) is 6.55. The van der Waals surface area contributed by atoms with Crippen molar-refractivity contribution in [3.05, 3.63) is 48.2 Å². The zero-order valence-electron chi connectivity index (χ0n) is 17.4.